The lowest BCUT2D eigenvalue weighted by Crippen LogP contribution is -2.08. The van der Waals surface area contributed by atoms with Gasteiger partial charge in [-0.15, -0.1) is 0 Å². The number of benzene rings is 1. The number of aromatic nitrogens is 2. The topological polar surface area (TPSA) is 34.9 Å². The zero-order chi connectivity index (χ0) is 12.6. The molecule has 0 bridgehead atoms. The fraction of sp³-hybridized carbons (Fsp3) is 0.167. The number of ketones is 1. The summed E-state index contributed by atoms with van der Waals surface area (Å²) in [4.78, 5) is 12.0. The maximum Gasteiger partial charge on any atom is 0.211 e. The predicted molar refractivity (Wildman–Crippen MR) is 57.7 cm³/mol. The van der Waals surface area contributed by atoms with E-state index in [-0.39, 0.29) is 5.56 Å². The third-order valence-corrected chi connectivity index (χ3v) is 2.36. The number of carbonyl (C=O) groups is 1. The van der Waals surface area contributed by atoms with E-state index in [9.17, 15) is 13.6 Å². The quantitative estimate of drug-likeness (QED) is 0.749. The summed E-state index contributed by atoms with van der Waals surface area (Å²) in [5.74, 6) is -1.99. The van der Waals surface area contributed by atoms with Crippen LogP contribution in [-0.4, -0.2) is 15.6 Å². The van der Waals surface area contributed by atoms with Gasteiger partial charge in [-0.05, 0) is 25.1 Å². The van der Waals surface area contributed by atoms with Gasteiger partial charge in [-0.2, -0.15) is 5.10 Å². The molecule has 1 aromatic carbocycles. The smallest absolute Gasteiger partial charge is 0.211 e. The molecular formula is C12H10F2N2O. The van der Waals surface area contributed by atoms with Crippen molar-refractivity contribution in [3.05, 3.63) is 52.9 Å². The SMILES string of the molecule is Cc1cc(C(=O)c2cc(F)cc(F)c2)n(C)n1. The molecule has 2 aromatic rings. The Hall–Kier alpha value is -2.04. The van der Waals surface area contributed by atoms with Gasteiger partial charge < -0.3 is 0 Å². The van der Waals surface area contributed by atoms with E-state index in [0.29, 0.717) is 11.4 Å². The van der Waals surface area contributed by atoms with Crippen molar-refractivity contribution in [1.82, 2.24) is 9.78 Å². The lowest BCUT2D eigenvalue weighted by atomic mass is 10.1. The molecule has 0 aliphatic heterocycles. The number of nitrogens with zero attached hydrogens (tertiary/aromatic N) is 2. The van der Waals surface area contributed by atoms with Crippen LogP contribution in [0.5, 0.6) is 0 Å². The van der Waals surface area contributed by atoms with Crippen LogP contribution in [-0.2, 0) is 7.05 Å². The second kappa shape index (κ2) is 4.08. The Balaban J connectivity index is 2.47. The maximum atomic E-state index is 13.0. The summed E-state index contributed by atoms with van der Waals surface area (Å²) >= 11 is 0. The van der Waals surface area contributed by atoms with E-state index in [1.807, 2.05) is 0 Å². The molecule has 1 heterocycles. The average molecular weight is 236 g/mol. The molecule has 0 saturated heterocycles. The van der Waals surface area contributed by atoms with Crippen LogP contribution in [0.25, 0.3) is 0 Å². The fourth-order valence-corrected chi connectivity index (χ4v) is 1.66. The van der Waals surface area contributed by atoms with Crippen molar-refractivity contribution in [2.45, 2.75) is 6.92 Å². The zero-order valence-corrected chi connectivity index (χ0v) is 9.37. The lowest BCUT2D eigenvalue weighted by Gasteiger charge is -2.02. The highest BCUT2D eigenvalue weighted by atomic mass is 19.1. The second-order valence-corrected chi connectivity index (χ2v) is 3.78. The van der Waals surface area contributed by atoms with Gasteiger partial charge in [0, 0.05) is 18.7 Å². The highest BCUT2D eigenvalue weighted by Gasteiger charge is 2.15. The number of rotatable bonds is 2. The molecule has 0 unspecified atom stereocenters. The van der Waals surface area contributed by atoms with Crippen LogP contribution in [0.1, 0.15) is 21.7 Å². The van der Waals surface area contributed by atoms with Crippen LogP contribution >= 0.6 is 0 Å². The number of hydrogen-bond donors (Lipinski definition) is 0. The summed E-state index contributed by atoms with van der Waals surface area (Å²) in [6.45, 7) is 1.74. The number of aryl methyl sites for hydroxylation is 2. The minimum absolute atomic E-state index is 0.0227. The van der Waals surface area contributed by atoms with E-state index in [0.717, 1.165) is 18.2 Å². The molecule has 0 aliphatic carbocycles. The Morgan fingerprint density at radius 1 is 1.18 bits per heavy atom. The summed E-state index contributed by atoms with van der Waals surface area (Å²) in [7, 11) is 1.61. The Morgan fingerprint density at radius 2 is 1.76 bits per heavy atom. The predicted octanol–water partition coefficient (Wildman–Crippen LogP) is 2.24. The molecule has 0 saturated carbocycles. The van der Waals surface area contributed by atoms with Crippen LogP contribution in [0.3, 0.4) is 0 Å². The molecule has 0 amide bonds. The third-order valence-electron chi connectivity index (χ3n) is 2.36. The minimum atomic E-state index is -0.771. The van der Waals surface area contributed by atoms with Crippen molar-refractivity contribution in [3.8, 4) is 0 Å². The van der Waals surface area contributed by atoms with Gasteiger partial charge >= 0.3 is 0 Å². The van der Waals surface area contributed by atoms with Crippen LogP contribution in [0.15, 0.2) is 24.3 Å². The molecule has 0 fully saturated rings. The van der Waals surface area contributed by atoms with E-state index in [2.05, 4.69) is 5.10 Å². The molecule has 3 nitrogen and oxygen atoms in total. The van der Waals surface area contributed by atoms with E-state index in [1.165, 1.54) is 4.68 Å². The van der Waals surface area contributed by atoms with Crippen molar-refractivity contribution in [1.29, 1.82) is 0 Å². The standard InChI is InChI=1S/C12H10F2N2O/c1-7-3-11(16(2)15-7)12(17)8-4-9(13)6-10(14)5-8/h3-6H,1-2H3. The molecule has 2 rings (SSSR count). The Kier molecular flexibility index (Phi) is 2.75. The monoisotopic (exact) mass is 236 g/mol. The molecule has 17 heavy (non-hydrogen) atoms. The fourth-order valence-electron chi connectivity index (χ4n) is 1.66. The van der Waals surface area contributed by atoms with Gasteiger partial charge in [0.15, 0.2) is 0 Å². The first-order valence-corrected chi connectivity index (χ1v) is 4.99. The lowest BCUT2D eigenvalue weighted by molar-refractivity contribution is 0.102. The van der Waals surface area contributed by atoms with Gasteiger partial charge in [-0.25, -0.2) is 8.78 Å². The Morgan fingerprint density at radius 3 is 2.24 bits per heavy atom. The van der Waals surface area contributed by atoms with Crippen molar-refractivity contribution in [2.75, 3.05) is 0 Å². The van der Waals surface area contributed by atoms with Crippen LogP contribution < -0.4 is 0 Å². The summed E-state index contributed by atoms with van der Waals surface area (Å²) in [5, 5.41) is 4.01. The van der Waals surface area contributed by atoms with E-state index >= 15 is 0 Å². The molecule has 0 spiro atoms. The number of carbonyl (C=O) groups excluding carboxylic acids is 1. The molecule has 0 aliphatic rings. The summed E-state index contributed by atoms with van der Waals surface area (Å²) in [5.41, 5.74) is 0.950. The van der Waals surface area contributed by atoms with Crippen molar-refractivity contribution < 1.29 is 13.6 Å². The van der Waals surface area contributed by atoms with E-state index < -0.39 is 17.4 Å². The van der Waals surface area contributed by atoms with Gasteiger partial charge in [0.25, 0.3) is 0 Å². The van der Waals surface area contributed by atoms with Crippen molar-refractivity contribution in [3.63, 3.8) is 0 Å². The van der Waals surface area contributed by atoms with Gasteiger partial charge in [-0.1, -0.05) is 0 Å². The number of hydrogen-bond acceptors (Lipinski definition) is 2. The molecule has 1 aromatic heterocycles. The van der Waals surface area contributed by atoms with Gasteiger partial charge in [0.05, 0.1) is 5.69 Å². The van der Waals surface area contributed by atoms with Crippen LogP contribution in [0.4, 0.5) is 8.78 Å². The second-order valence-electron chi connectivity index (χ2n) is 3.78. The molecular weight excluding hydrogens is 226 g/mol. The third kappa shape index (κ3) is 2.22. The summed E-state index contributed by atoms with van der Waals surface area (Å²) in [6.07, 6.45) is 0. The highest BCUT2D eigenvalue weighted by molar-refractivity contribution is 6.07. The Bertz CT molecular complexity index is 570. The molecule has 0 N–H and O–H groups in total. The van der Waals surface area contributed by atoms with Crippen molar-refractivity contribution in [2.24, 2.45) is 7.05 Å². The minimum Gasteiger partial charge on any atom is -0.287 e. The summed E-state index contributed by atoms with van der Waals surface area (Å²) in [6, 6.07) is 4.32. The maximum absolute atomic E-state index is 13.0. The van der Waals surface area contributed by atoms with Gasteiger partial charge in [0.2, 0.25) is 5.78 Å². The summed E-state index contributed by atoms with van der Waals surface area (Å²) < 4.78 is 27.4. The van der Waals surface area contributed by atoms with E-state index in [4.69, 9.17) is 0 Å². The Labute approximate surface area is 96.7 Å². The first-order chi connectivity index (χ1) is 7.97. The molecule has 0 atom stereocenters. The normalized spacial score (nSPS) is 10.6. The number of halogens is 2. The first kappa shape index (κ1) is 11.4. The van der Waals surface area contributed by atoms with Crippen LogP contribution in [0, 0.1) is 18.6 Å². The largest absolute Gasteiger partial charge is 0.287 e. The zero-order valence-electron chi connectivity index (χ0n) is 9.37. The highest BCUT2D eigenvalue weighted by Crippen LogP contribution is 2.13. The van der Waals surface area contributed by atoms with E-state index in [1.54, 1.807) is 20.0 Å². The molecule has 0 radical (unpaired) electrons. The molecule has 88 valence electrons. The van der Waals surface area contributed by atoms with Crippen molar-refractivity contribution >= 4 is 5.78 Å². The first-order valence-electron chi connectivity index (χ1n) is 4.99. The average Bonchev–Trinajstić information content (AvgIpc) is 2.55. The molecule has 5 heteroatoms. The van der Waals surface area contributed by atoms with Crippen LogP contribution in [0.2, 0.25) is 0 Å². The van der Waals surface area contributed by atoms with Gasteiger partial charge in [0.1, 0.15) is 17.3 Å². The van der Waals surface area contributed by atoms with Gasteiger partial charge in [-0.3, -0.25) is 9.48 Å².